The van der Waals surface area contributed by atoms with Crippen molar-refractivity contribution in [1.29, 1.82) is 0 Å². The van der Waals surface area contributed by atoms with Crippen molar-refractivity contribution in [3.63, 3.8) is 0 Å². The summed E-state index contributed by atoms with van der Waals surface area (Å²) in [5.41, 5.74) is 0.710. The Bertz CT molecular complexity index is 578. The van der Waals surface area contributed by atoms with Crippen molar-refractivity contribution in [3.05, 3.63) is 53.2 Å². The van der Waals surface area contributed by atoms with Crippen LogP contribution in [0.1, 0.15) is 29.1 Å². The summed E-state index contributed by atoms with van der Waals surface area (Å²) in [5, 5.41) is 3.04. The van der Waals surface area contributed by atoms with Crippen molar-refractivity contribution in [2.75, 3.05) is 13.6 Å². The van der Waals surface area contributed by atoms with E-state index in [9.17, 15) is 13.2 Å². The molecule has 0 saturated carbocycles. The summed E-state index contributed by atoms with van der Waals surface area (Å²) >= 11 is 0. The number of hydrogen-bond donors (Lipinski definition) is 1. The van der Waals surface area contributed by atoms with Gasteiger partial charge in [-0.15, -0.1) is 0 Å². The molecule has 3 nitrogen and oxygen atoms in total. The van der Waals surface area contributed by atoms with Crippen molar-refractivity contribution >= 4 is 0 Å². The minimum Gasteiger partial charge on any atom is -0.448 e. The fourth-order valence-electron chi connectivity index (χ4n) is 2.02. The normalized spacial score (nSPS) is 11.8. The molecule has 1 aromatic carbocycles. The minimum absolute atomic E-state index is 0.260. The first-order valence-corrected chi connectivity index (χ1v) is 6.73. The Kier molecular flexibility index (Phi) is 5.01. The molecule has 0 spiro atoms. The van der Waals surface area contributed by atoms with Crippen molar-refractivity contribution in [3.8, 4) is 0 Å². The second-order valence-electron chi connectivity index (χ2n) is 4.81. The Morgan fingerprint density at radius 1 is 1.29 bits per heavy atom. The molecule has 0 amide bonds. The number of hydrogen-bond acceptors (Lipinski definition) is 3. The average molecular weight is 298 g/mol. The lowest BCUT2D eigenvalue weighted by molar-refractivity contribution is -0.137. The molecule has 0 aliphatic heterocycles. The number of nitrogens with zero attached hydrogens (tertiary/aromatic N) is 1. The molecule has 1 N–H and O–H groups in total. The van der Waals surface area contributed by atoms with E-state index in [2.05, 4.69) is 10.3 Å². The highest BCUT2D eigenvalue weighted by Gasteiger charge is 2.30. The van der Waals surface area contributed by atoms with Gasteiger partial charge in [0.1, 0.15) is 6.26 Å². The summed E-state index contributed by atoms with van der Waals surface area (Å²) in [6, 6.07) is 5.22. The Balaban J connectivity index is 2.02. The van der Waals surface area contributed by atoms with E-state index in [1.165, 1.54) is 6.07 Å². The van der Waals surface area contributed by atoms with Crippen molar-refractivity contribution in [1.82, 2.24) is 10.3 Å². The van der Waals surface area contributed by atoms with Crippen LogP contribution in [0, 0.1) is 0 Å². The van der Waals surface area contributed by atoms with Gasteiger partial charge in [-0.25, -0.2) is 4.98 Å². The topological polar surface area (TPSA) is 38.1 Å². The maximum Gasteiger partial charge on any atom is 0.416 e. The Morgan fingerprint density at radius 3 is 2.81 bits per heavy atom. The predicted molar refractivity (Wildman–Crippen MR) is 73.0 cm³/mol. The molecule has 2 rings (SSSR count). The molecule has 21 heavy (non-hydrogen) atoms. The van der Waals surface area contributed by atoms with E-state index in [1.54, 1.807) is 12.3 Å². The second-order valence-corrected chi connectivity index (χ2v) is 4.81. The van der Waals surface area contributed by atoms with Gasteiger partial charge in [0.25, 0.3) is 0 Å². The van der Waals surface area contributed by atoms with E-state index in [0.717, 1.165) is 37.2 Å². The van der Waals surface area contributed by atoms with E-state index in [1.807, 2.05) is 7.05 Å². The van der Waals surface area contributed by atoms with Gasteiger partial charge in [-0.1, -0.05) is 18.2 Å². The molecule has 0 saturated heterocycles. The molecule has 114 valence electrons. The summed E-state index contributed by atoms with van der Waals surface area (Å²) in [5.74, 6) is 0.439. The molecular formula is C15H17F3N2O. The summed E-state index contributed by atoms with van der Waals surface area (Å²) in [7, 11) is 1.88. The highest BCUT2D eigenvalue weighted by molar-refractivity contribution is 5.27. The van der Waals surface area contributed by atoms with Crippen LogP contribution in [0.2, 0.25) is 0 Å². The second kappa shape index (κ2) is 6.76. The third-order valence-electron chi connectivity index (χ3n) is 3.07. The molecule has 0 fully saturated rings. The van der Waals surface area contributed by atoms with Gasteiger partial charge in [0, 0.05) is 6.42 Å². The molecular weight excluding hydrogens is 281 g/mol. The Hall–Kier alpha value is -1.82. The molecule has 6 heteroatoms. The van der Waals surface area contributed by atoms with Crippen LogP contribution in [-0.4, -0.2) is 18.6 Å². The van der Waals surface area contributed by atoms with Crippen LogP contribution in [0.15, 0.2) is 34.9 Å². The summed E-state index contributed by atoms with van der Waals surface area (Å²) in [6.07, 6.45) is -0.779. The first-order valence-electron chi connectivity index (χ1n) is 6.73. The lowest BCUT2D eigenvalue weighted by Gasteiger charge is -2.07. The number of oxazole rings is 1. The van der Waals surface area contributed by atoms with E-state index >= 15 is 0 Å². The predicted octanol–water partition coefficient (Wildman–Crippen LogP) is 3.44. The maximum absolute atomic E-state index is 12.6. The third kappa shape index (κ3) is 4.60. The van der Waals surface area contributed by atoms with Crippen LogP contribution in [0.3, 0.4) is 0 Å². The zero-order valence-electron chi connectivity index (χ0n) is 11.7. The van der Waals surface area contributed by atoms with Gasteiger partial charge in [-0.2, -0.15) is 13.2 Å². The van der Waals surface area contributed by atoms with E-state index in [4.69, 9.17) is 4.42 Å². The average Bonchev–Trinajstić information content (AvgIpc) is 2.86. The van der Waals surface area contributed by atoms with Gasteiger partial charge < -0.3 is 9.73 Å². The lowest BCUT2D eigenvalue weighted by Crippen LogP contribution is -2.08. The van der Waals surface area contributed by atoms with Gasteiger partial charge in [-0.05, 0) is 38.1 Å². The molecule has 0 bridgehead atoms. The number of aryl methyl sites for hydroxylation is 1. The smallest absolute Gasteiger partial charge is 0.416 e. The van der Waals surface area contributed by atoms with Crippen LogP contribution >= 0.6 is 0 Å². The van der Waals surface area contributed by atoms with Crippen LogP contribution in [0.25, 0.3) is 0 Å². The Morgan fingerprint density at radius 2 is 2.10 bits per heavy atom. The molecule has 0 aliphatic rings. The molecule has 2 aromatic rings. The van der Waals surface area contributed by atoms with Gasteiger partial charge in [0.05, 0.1) is 11.3 Å². The van der Waals surface area contributed by atoms with Crippen molar-refractivity contribution in [2.24, 2.45) is 0 Å². The Labute approximate surface area is 121 Å². The number of benzene rings is 1. The van der Waals surface area contributed by atoms with Crippen LogP contribution in [-0.2, 0) is 19.0 Å². The van der Waals surface area contributed by atoms with Gasteiger partial charge in [0.15, 0.2) is 5.89 Å². The molecule has 0 unspecified atom stereocenters. The standard InChI is InChI=1S/C15H17F3N2O/c1-19-7-3-6-13-10-21-14(20-13)9-11-4-2-5-12(8-11)15(16,17)18/h2,4-5,8,10,19H,3,6-7,9H2,1H3. The molecule has 0 radical (unpaired) electrons. The van der Waals surface area contributed by atoms with E-state index < -0.39 is 11.7 Å². The number of rotatable bonds is 6. The van der Waals surface area contributed by atoms with Crippen molar-refractivity contribution in [2.45, 2.75) is 25.4 Å². The minimum atomic E-state index is -4.33. The number of nitrogens with one attached hydrogen (secondary N) is 1. The quantitative estimate of drug-likeness (QED) is 0.830. The zero-order valence-corrected chi connectivity index (χ0v) is 11.7. The largest absolute Gasteiger partial charge is 0.448 e. The highest BCUT2D eigenvalue weighted by atomic mass is 19.4. The maximum atomic E-state index is 12.6. The zero-order chi connectivity index (χ0) is 15.3. The van der Waals surface area contributed by atoms with Gasteiger partial charge >= 0.3 is 6.18 Å². The fourth-order valence-corrected chi connectivity index (χ4v) is 2.02. The van der Waals surface area contributed by atoms with Crippen LogP contribution in [0.5, 0.6) is 0 Å². The van der Waals surface area contributed by atoms with E-state index in [0.29, 0.717) is 11.5 Å². The molecule has 0 aliphatic carbocycles. The van der Waals surface area contributed by atoms with Crippen LogP contribution in [0.4, 0.5) is 13.2 Å². The van der Waals surface area contributed by atoms with Gasteiger partial charge in [-0.3, -0.25) is 0 Å². The number of halogens is 3. The first kappa shape index (κ1) is 15.6. The molecule has 0 atom stereocenters. The van der Waals surface area contributed by atoms with Gasteiger partial charge in [0.2, 0.25) is 0 Å². The van der Waals surface area contributed by atoms with E-state index in [-0.39, 0.29) is 6.42 Å². The summed E-state index contributed by atoms with van der Waals surface area (Å²) < 4.78 is 43.2. The third-order valence-corrected chi connectivity index (χ3v) is 3.07. The monoisotopic (exact) mass is 298 g/mol. The molecule has 1 aromatic heterocycles. The molecule has 1 heterocycles. The summed E-state index contributed by atoms with van der Waals surface area (Å²) in [4.78, 5) is 4.29. The van der Waals surface area contributed by atoms with Crippen molar-refractivity contribution < 1.29 is 17.6 Å². The lowest BCUT2D eigenvalue weighted by atomic mass is 10.1. The fraction of sp³-hybridized carbons (Fsp3) is 0.400. The summed E-state index contributed by atoms with van der Waals surface area (Å²) in [6.45, 7) is 0.885. The number of alkyl halides is 3. The number of aromatic nitrogens is 1. The van der Waals surface area contributed by atoms with Crippen LogP contribution < -0.4 is 5.32 Å². The SMILES string of the molecule is CNCCCc1coc(Cc2cccc(C(F)(F)F)c2)n1. The first-order chi connectivity index (χ1) is 9.99. The highest BCUT2D eigenvalue weighted by Crippen LogP contribution is 2.29.